The van der Waals surface area contributed by atoms with Crippen LogP contribution in [0.4, 0.5) is 10.5 Å². The maximum atomic E-state index is 12.1. The molecule has 2 rings (SSSR count). The third kappa shape index (κ3) is 2.58. The number of hydrogen-bond donors (Lipinski definition) is 1. The van der Waals surface area contributed by atoms with Gasteiger partial charge in [0, 0.05) is 32.4 Å². The molecule has 4 nitrogen and oxygen atoms in total. The summed E-state index contributed by atoms with van der Waals surface area (Å²) in [6.07, 6.45) is 2.19. The SMILES string of the molecule is CN(C)C(=O)N(c1ccc(CN)cc1)C1CC1. The smallest absolute Gasteiger partial charge is 0.324 e. The molecule has 0 bridgehead atoms. The fourth-order valence-corrected chi connectivity index (χ4v) is 1.82. The fourth-order valence-electron chi connectivity index (χ4n) is 1.82. The summed E-state index contributed by atoms with van der Waals surface area (Å²) in [5.74, 6) is 0. The van der Waals surface area contributed by atoms with E-state index in [0.717, 1.165) is 24.1 Å². The van der Waals surface area contributed by atoms with Crippen molar-refractivity contribution < 1.29 is 4.79 Å². The second kappa shape index (κ2) is 4.75. The van der Waals surface area contributed by atoms with E-state index in [-0.39, 0.29) is 6.03 Å². The zero-order valence-electron chi connectivity index (χ0n) is 10.4. The van der Waals surface area contributed by atoms with E-state index in [1.807, 2.05) is 29.2 Å². The van der Waals surface area contributed by atoms with Crippen LogP contribution in [0.3, 0.4) is 0 Å². The Morgan fingerprint density at radius 3 is 2.29 bits per heavy atom. The molecular weight excluding hydrogens is 214 g/mol. The first-order chi connectivity index (χ1) is 8.13. The molecule has 0 spiro atoms. The Balaban J connectivity index is 2.23. The Bertz CT molecular complexity index is 396. The molecule has 1 aromatic carbocycles. The minimum atomic E-state index is 0.0491. The van der Waals surface area contributed by atoms with Gasteiger partial charge in [-0.25, -0.2) is 4.79 Å². The summed E-state index contributed by atoms with van der Waals surface area (Å²) in [5, 5.41) is 0. The number of nitrogens with two attached hydrogens (primary N) is 1. The van der Waals surface area contributed by atoms with E-state index in [0.29, 0.717) is 12.6 Å². The van der Waals surface area contributed by atoms with E-state index < -0.39 is 0 Å². The number of benzene rings is 1. The highest BCUT2D eigenvalue weighted by Crippen LogP contribution is 2.32. The normalized spacial score (nSPS) is 14.5. The maximum absolute atomic E-state index is 12.1. The molecule has 1 saturated carbocycles. The molecule has 92 valence electrons. The number of carbonyl (C=O) groups is 1. The van der Waals surface area contributed by atoms with E-state index in [9.17, 15) is 4.79 Å². The molecule has 2 N–H and O–H groups in total. The molecular formula is C13H19N3O. The van der Waals surface area contributed by atoms with Crippen LogP contribution in [0.5, 0.6) is 0 Å². The fraction of sp³-hybridized carbons (Fsp3) is 0.462. The Hall–Kier alpha value is -1.55. The number of anilines is 1. The van der Waals surface area contributed by atoms with Gasteiger partial charge < -0.3 is 10.6 Å². The molecule has 1 aliphatic rings. The molecule has 0 aliphatic heterocycles. The number of amides is 2. The molecule has 4 heteroatoms. The Morgan fingerprint density at radius 2 is 1.88 bits per heavy atom. The van der Waals surface area contributed by atoms with Crippen molar-refractivity contribution in [1.82, 2.24) is 4.90 Å². The Morgan fingerprint density at radius 1 is 1.29 bits per heavy atom. The first-order valence-corrected chi connectivity index (χ1v) is 5.93. The van der Waals surface area contributed by atoms with E-state index in [2.05, 4.69) is 0 Å². The van der Waals surface area contributed by atoms with Crippen LogP contribution >= 0.6 is 0 Å². The predicted octanol–water partition coefficient (Wildman–Crippen LogP) is 1.80. The number of urea groups is 1. The van der Waals surface area contributed by atoms with Crippen molar-refractivity contribution in [3.63, 3.8) is 0 Å². The molecule has 0 unspecified atom stereocenters. The maximum Gasteiger partial charge on any atom is 0.324 e. The summed E-state index contributed by atoms with van der Waals surface area (Å²) in [6.45, 7) is 0.533. The summed E-state index contributed by atoms with van der Waals surface area (Å²) in [6, 6.07) is 8.33. The first-order valence-electron chi connectivity index (χ1n) is 5.93. The first kappa shape index (κ1) is 11.9. The lowest BCUT2D eigenvalue weighted by atomic mass is 10.2. The van der Waals surface area contributed by atoms with Crippen LogP contribution < -0.4 is 10.6 Å². The molecule has 0 saturated heterocycles. The lowest BCUT2D eigenvalue weighted by Gasteiger charge is -2.26. The van der Waals surface area contributed by atoms with Crippen molar-refractivity contribution in [3.05, 3.63) is 29.8 Å². The quantitative estimate of drug-likeness (QED) is 0.865. The van der Waals surface area contributed by atoms with Gasteiger partial charge in [0.15, 0.2) is 0 Å². The Kier molecular flexibility index (Phi) is 3.33. The molecule has 0 atom stereocenters. The lowest BCUT2D eigenvalue weighted by molar-refractivity contribution is 0.223. The van der Waals surface area contributed by atoms with E-state index >= 15 is 0 Å². The van der Waals surface area contributed by atoms with Gasteiger partial charge in [0.1, 0.15) is 0 Å². The van der Waals surface area contributed by atoms with E-state index in [4.69, 9.17) is 5.73 Å². The summed E-state index contributed by atoms with van der Waals surface area (Å²) in [7, 11) is 3.57. The van der Waals surface area contributed by atoms with Gasteiger partial charge in [-0.1, -0.05) is 12.1 Å². The second-order valence-corrected chi connectivity index (χ2v) is 4.65. The highest BCUT2D eigenvalue weighted by atomic mass is 16.2. The monoisotopic (exact) mass is 233 g/mol. The zero-order valence-corrected chi connectivity index (χ0v) is 10.4. The van der Waals surface area contributed by atoms with Crippen LogP contribution in [0.25, 0.3) is 0 Å². The molecule has 0 heterocycles. The molecule has 17 heavy (non-hydrogen) atoms. The van der Waals surface area contributed by atoms with Crippen LogP contribution in [-0.4, -0.2) is 31.1 Å². The van der Waals surface area contributed by atoms with Gasteiger partial charge in [-0.15, -0.1) is 0 Å². The van der Waals surface area contributed by atoms with E-state index in [1.54, 1.807) is 19.0 Å². The van der Waals surface area contributed by atoms with Crippen LogP contribution in [-0.2, 0) is 6.54 Å². The minimum absolute atomic E-state index is 0.0491. The van der Waals surface area contributed by atoms with Gasteiger partial charge in [-0.05, 0) is 30.5 Å². The highest BCUT2D eigenvalue weighted by Gasteiger charge is 2.34. The average molecular weight is 233 g/mol. The van der Waals surface area contributed by atoms with Gasteiger partial charge in [0.05, 0.1) is 0 Å². The van der Waals surface area contributed by atoms with Crippen molar-refractivity contribution in [2.45, 2.75) is 25.4 Å². The van der Waals surface area contributed by atoms with Gasteiger partial charge in [0.25, 0.3) is 0 Å². The van der Waals surface area contributed by atoms with Gasteiger partial charge in [-0.2, -0.15) is 0 Å². The van der Waals surface area contributed by atoms with Crippen LogP contribution in [0.1, 0.15) is 18.4 Å². The standard InChI is InChI=1S/C13H19N3O/c1-15(2)13(17)16(12-7-8-12)11-5-3-10(9-14)4-6-11/h3-6,12H,7-9,14H2,1-2H3. The largest absolute Gasteiger partial charge is 0.330 e. The summed E-state index contributed by atoms with van der Waals surface area (Å²) >= 11 is 0. The summed E-state index contributed by atoms with van der Waals surface area (Å²) in [5.41, 5.74) is 7.61. The Labute approximate surface area is 102 Å². The zero-order chi connectivity index (χ0) is 12.4. The summed E-state index contributed by atoms with van der Waals surface area (Å²) < 4.78 is 0. The molecule has 2 amide bonds. The van der Waals surface area contributed by atoms with Crippen LogP contribution in [0.2, 0.25) is 0 Å². The van der Waals surface area contributed by atoms with Crippen molar-refractivity contribution in [1.29, 1.82) is 0 Å². The number of hydrogen-bond acceptors (Lipinski definition) is 2. The molecule has 0 aromatic heterocycles. The van der Waals surface area contributed by atoms with E-state index in [1.165, 1.54) is 0 Å². The van der Waals surface area contributed by atoms with Crippen molar-refractivity contribution in [2.24, 2.45) is 5.73 Å². The molecule has 1 aliphatic carbocycles. The highest BCUT2D eigenvalue weighted by molar-refractivity contribution is 5.92. The topological polar surface area (TPSA) is 49.6 Å². The number of nitrogens with zero attached hydrogens (tertiary/aromatic N) is 2. The van der Waals surface area contributed by atoms with Crippen molar-refractivity contribution >= 4 is 11.7 Å². The van der Waals surface area contributed by atoms with Crippen molar-refractivity contribution in [2.75, 3.05) is 19.0 Å². The molecule has 1 fully saturated rings. The van der Waals surface area contributed by atoms with Gasteiger partial charge in [0.2, 0.25) is 0 Å². The lowest BCUT2D eigenvalue weighted by Crippen LogP contribution is -2.40. The molecule has 1 aromatic rings. The third-order valence-electron chi connectivity index (χ3n) is 2.95. The second-order valence-electron chi connectivity index (χ2n) is 4.65. The van der Waals surface area contributed by atoms with Crippen molar-refractivity contribution in [3.8, 4) is 0 Å². The number of carbonyl (C=O) groups excluding carboxylic acids is 1. The van der Waals surface area contributed by atoms with Gasteiger partial charge in [-0.3, -0.25) is 4.90 Å². The summed E-state index contributed by atoms with van der Waals surface area (Å²) in [4.78, 5) is 15.6. The number of rotatable bonds is 3. The average Bonchev–Trinajstić information content (AvgIpc) is 3.14. The van der Waals surface area contributed by atoms with Crippen LogP contribution in [0, 0.1) is 0 Å². The predicted molar refractivity (Wildman–Crippen MR) is 68.9 cm³/mol. The van der Waals surface area contributed by atoms with Crippen LogP contribution in [0.15, 0.2) is 24.3 Å². The molecule has 0 radical (unpaired) electrons. The minimum Gasteiger partial charge on any atom is -0.330 e. The van der Waals surface area contributed by atoms with Gasteiger partial charge >= 0.3 is 6.03 Å². The third-order valence-corrected chi connectivity index (χ3v) is 2.95.